The van der Waals surface area contributed by atoms with Crippen molar-refractivity contribution in [2.24, 2.45) is 0 Å². The fourth-order valence-electron chi connectivity index (χ4n) is 1.39. The van der Waals surface area contributed by atoms with Crippen molar-refractivity contribution in [1.82, 2.24) is 0 Å². The molecule has 0 aliphatic rings. The minimum Gasteiger partial charge on any atom is -0.0834 e. The summed E-state index contributed by atoms with van der Waals surface area (Å²) >= 11 is 5.91. The lowest BCUT2D eigenvalue weighted by molar-refractivity contribution is 1.46. The van der Waals surface area contributed by atoms with E-state index in [1.807, 2.05) is 31.2 Å². The largest absolute Gasteiger partial charge is 0.0834 e. The predicted molar refractivity (Wildman–Crippen MR) is 60.5 cm³/mol. The molecule has 2 rings (SSSR count). The Kier molecular flexibility index (Phi) is 2.55. The first-order valence-electron chi connectivity index (χ1n) is 4.50. The Hall–Kier alpha value is -1.27. The lowest BCUT2D eigenvalue weighted by Gasteiger charge is -2.03. The minimum atomic E-state index is 0.699. The highest BCUT2D eigenvalue weighted by Gasteiger charge is 1.99. The molecular formula is C13H10Cl. The molecule has 0 aliphatic carbocycles. The Bertz CT molecular complexity index is 432. The second kappa shape index (κ2) is 3.85. The summed E-state index contributed by atoms with van der Waals surface area (Å²) in [4.78, 5) is 0. The summed E-state index contributed by atoms with van der Waals surface area (Å²) in [6.07, 6.45) is 0. The molecule has 0 spiro atoms. The average Bonchev–Trinajstić information content (AvgIpc) is 2.23. The van der Waals surface area contributed by atoms with Gasteiger partial charge in [-0.05, 0) is 35.7 Å². The van der Waals surface area contributed by atoms with Crippen LogP contribution in [0.1, 0.15) is 5.56 Å². The van der Waals surface area contributed by atoms with E-state index in [4.69, 9.17) is 11.6 Å². The monoisotopic (exact) mass is 201 g/mol. The minimum absolute atomic E-state index is 0.699. The predicted octanol–water partition coefficient (Wildman–Crippen LogP) is 4.12. The second-order valence-electron chi connectivity index (χ2n) is 3.25. The van der Waals surface area contributed by atoms with Gasteiger partial charge in [0.05, 0.1) is 5.02 Å². The van der Waals surface area contributed by atoms with E-state index < -0.39 is 0 Å². The average molecular weight is 202 g/mol. The van der Waals surface area contributed by atoms with Crippen molar-refractivity contribution in [3.8, 4) is 11.1 Å². The Labute approximate surface area is 89.2 Å². The van der Waals surface area contributed by atoms with Gasteiger partial charge in [0.25, 0.3) is 0 Å². The number of hydrogen-bond acceptors (Lipinski definition) is 0. The standard InChI is InChI=1S/C13H10Cl/c1-10-9-12(7-8-13(10)14)11-5-3-2-4-6-11/h2-7,9H,1H3. The van der Waals surface area contributed by atoms with Crippen molar-refractivity contribution >= 4 is 11.6 Å². The molecule has 1 heteroatoms. The molecule has 2 aromatic rings. The number of hydrogen-bond donors (Lipinski definition) is 0. The zero-order valence-electron chi connectivity index (χ0n) is 7.92. The Balaban J connectivity index is 2.48. The van der Waals surface area contributed by atoms with Crippen molar-refractivity contribution in [3.05, 3.63) is 59.1 Å². The molecule has 0 nitrogen and oxygen atoms in total. The van der Waals surface area contributed by atoms with Gasteiger partial charge in [-0.25, -0.2) is 0 Å². The summed E-state index contributed by atoms with van der Waals surface area (Å²) in [6.45, 7) is 1.99. The van der Waals surface area contributed by atoms with Crippen molar-refractivity contribution in [2.45, 2.75) is 6.92 Å². The molecule has 0 aliphatic heterocycles. The SMILES string of the molecule is Cc1cc(-c2ccccc2)c[c]c1Cl. The molecular weight excluding hydrogens is 192 g/mol. The fourth-order valence-corrected chi connectivity index (χ4v) is 1.50. The van der Waals surface area contributed by atoms with Crippen LogP contribution < -0.4 is 0 Å². The molecule has 0 bridgehead atoms. The molecule has 0 atom stereocenters. The van der Waals surface area contributed by atoms with Crippen LogP contribution in [0.15, 0.2) is 42.5 Å². The highest BCUT2D eigenvalue weighted by molar-refractivity contribution is 6.31. The summed E-state index contributed by atoms with van der Waals surface area (Å²) < 4.78 is 0. The van der Waals surface area contributed by atoms with E-state index in [0.717, 1.165) is 11.1 Å². The van der Waals surface area contributed by atoms with E-state index in [2.05, 4.69) is 24.3 Å². The van der Waals surface area contributed by atoms with Crippen molar-refractivity contribution < 1.29 is 0 Å². The third-order valence-corrected chi connectivity index (χ3v) is 2.59. The number of rotatable bonds is 1. The van der Waals surface area contributed by atoms with Crippen LogP contribution in [0.2, 0.25) is 5.02 Å². The Morgan fingerprint density at radius 2 is 1.79 bits per heavy atom. The molecule has 0 saturated carbocycles. The molecule has 0 saturated heterocycles. The van der Waals surface area contributed by atoms with Gasteiger partial charge in [0, 0.05) is 6.07 Å². The lowest BCUT2D eigenvalue weighted by atomic mass is 10.0. The molecule has 2 aromatic carbocycles. The maximum Gasteiger partial charge on any atom is 0.0514 e. The second-order valence-corrected chi connectivity index (χ2v) is 3.63. The van der Waals surface area contributed by atoms with Gasteiger partial charge in [0.1, 0.15) is 0 Å². The van der Waals surface area contributed by atoms with Crippen LogP contribution in [0.3, 0.4) is 0 Å². The van der Waals surface area contributed by atoms with Crippen molar-refractivity contribution in [2.75, 3.05) is 0 Å². The zero-order valence-corrected chi connectivity index (χ0v) is 8.68. The van der Waals surface area contributed by atoms with Crippen molar-refractivity contribution in [3.63, 3.8) is 0 Å². The van der Waals surface area contributed by atoms with E-state index in [9.17, 15) is 0 Å². The molecule has 0 amide bonds. The third-order valence-electron chi connectivity index (χ3n) is 2.18. The number of benzene rings is 2. The maximum atomic E-state index is 5.91. The van der Waals surface area contributed by atoms with Gasteiger partial charge in [-0.15, -0.1) is 0 Å². The number of halogens is 1. The summed E-state index contributed by atoms with van der Waals surface area (Å²) in [5, 5.41) is 0.699. The quantitative estimate of drug-likeness (QED) is 0.651. The van der Waals surface area contributed by atoms with E-state index >= 15 is 0 Å². The normalized spacial score (nSPS) is 10.1. The fraction of sp³-hybridized carbons (Fsp3) is 0.0769. The summed E-state index contributed by atoms with van der Waals surface area (Å²) in [6, 6.07) is 17.3. The van der Waals surface area contributed by atoms with Gasteiger partial charge in [-0.1, -0.05) is 41.9 Å². The summed E-state index contributed by atoms with van der Waals surface area (Å²) in [5.41, 5.74) is 3.42. The number of aryl methyl sites for hydroxylation is 1. The first kappa shape index (κ1) is 9.29. The van der Waals surface area contributed by atoms with Gasteiger partial charge in [0.2, 0.25) is 0 Å². The zero-order chi connectivity index (χ0) is 9.97. The summed E-state index contributed by atoms with van der Waals surface area (Å²) in [5.74, 6) is 0. The van der Waals surface area contributed by atoms with E-state index in [0.29, 0.717) is 5.02 Å². The lowest BCUT2D eigenvalue weighted by Crippen LogP contribution is -1.80. The first-order chi connectivity index (χ1) is 6.77. The molecule has 0 aromatic heterocycles. The van der Waals surface area contributed by atoms with Crippen LogP contribution in [0.25, 0.3) is 11.1 Å². The molecule has 0 N–H and O–H groups in total. The van der Waals surface area contributed by atoms with Crippen LogP contribution in [0, 0.1) is 13.0 Å². The summed E-state index contributed by atoms with van der Waals surface area (Å²) in [7, 11) is 0. The van der Waals surface area contributed by atoms with Crippen LogP contribution in [0.5, 0.6) is 0 Å². The maximum absolute atomic E-state index is 5.91. The van der Waals surface area contributed by atoms with E-state index in [1.54, 1.807) is 0 Å². The molecule has 14 heavy (non-hydrogen) atoms. The smallest absolute Gasteiger partial charge is 0.0514 e. The van der Waals surface area contributed by atoms with Crippen LogP contribution in [-0.4, -0.2) is 0 Å². The molecule has 0 heterocycles. The molecule has 1 radical (unpaired) electrons. The van der Waals surface area contributed by atoms with Crippen LogP contribution >= 0.6 is 11.6 Å². The molecule has 0 unspecified atom stereocenters. The topological polar surface area (TPSA) is 0 Å². The van der Waals surface area contributed by atoms with Gasteiger partial charge in [-0.2, -0.15) is 0 Å². The van der Waals surface area contributed by atoms with Crippen LogP contribution in [-0.2, 0) is 0 Å². The van der Waals surface area contributed by atoms with E-state index in [-0.39, 0.29) is 0 Å². The Morgan fingerprint density at radius 1 is 1.07 bits per heavy atom. The van der Waals surface area contributed by atoms with Gasteiger partial charge in [0.15, 0.2) is 0 Å². The molecule has 0 fully saturated rings. The highest BCUT2D eigenvalue weighted by Crippen LogP contribution is 2.23. The van der Waals surface area contributed by atoms with Crippen LogP contribution in [0.4, 0.5) is 0 Å². The van der Waals surface area contributed by atoms with Gasteiger partial charge >= 0.3 is 0 Å². The third kappa shape index (κ3) is 1.80. The Morgan fingerprint density at radius 3 is 2.43 bits per heavy atom. The highest BCUT2D eigenvalue weighted by atomic mass is 35.5. The molecule has 69 valence electrons. The van der Waals surface area contributed by atoms with E-state index in [1.165, 1.54) is 5.56 Å². The van der Waals surface area contributed by atoms with Gasteiger partial charge in [-0.3, -0.25) is 0 Å². The first-order valence-corrected chi connectivity index (χ1v) is 4.88. The van der Waals surface area contributed by atoms with Gasteiger partial charge < -0.3 is 0 Å². The van der Waals surface area contributed by atoms with Crippen molar-refractivity contribution in [1.29, 1.82) is 0 Å².